The molecule has 1 aliphatic carbocycles. The van der Waals surface area contributed by atoms with E-state index in [4.69, 9.17) is 4.74 Å². The molecule has 10 heteroatoms. The van der Waals surface area contributed by atoms with Gasteiger partial charge in [0, 0.05) is 0 Å². The molecule has 0 heterocycles. The lowest BCUT2D eigenvalue weighted by Gasteiger charge is -2.40. The minimum Gasteiger partial charge on any atom is -0.423 e. The van der Waals surface area contributed by atoms with E-state index in [1.54, 1.807) is 12.1 Å². The summed E-state index contributed by atoms with van der Waals surface area (Å²) >= 11 is 0. The van der Waals surface area contributed by atoms with Crippen molar-refractivity contribution in [2.24, 2.45) is 5.92 Å². The molecule has 40 heavy (non-hydrogen) atoms. The number of rotatable bonds is 9. The fourth-order valence-corrected chi connectivity index (χ4v) is 5.92. The Morgan fingerprint density at radius 2 is 1.38 bits per heavy atom. The second-order valence-electron chi connectivity index (χ2n) is 10.5. The van der Waals surface area contributed by atoms with Crippen molar-refractivity contribution >= 4 is 16.2 Å². The van der Waals surface area contributed by atoms with Gasteiger partial charge in [0.25, 0.3) is 0 Å². The van der Waals surface area contributed by atoms with Crippen LogP contribution in [-0.2, 0) is 0 Å². The first-order valence-corrected chi connectivity index (χ1v) is 15.3. The maximum Gasteiger partial charge on any atom is 0.349 e. The predicted octanol–water partition coefficient (Wildman–Crippen LogP) is 11.4. The van der Waals surface area contributed by atoms with Crippen LogP contribution in [0.5, 0.6) is 5.75 Å². The van der Waals surface area contributed by atoms with Crippen LogP contribution in [0, 0.1) is 17.6 Å². The van der Waals surface area contributed by atoms with Crippen LogP contribution >= 0.6 is 10.2 Å². The third kappa shape index (κ3) is 7.38. The highest BCUT2D eigenvalue weighted by Crippen LogP contribution is 3.02. The summed E-state index contributed by atoms with van der Waals surface area (Å²) in [7, 11) is -9.91. The van der Waals surface area contributed by atoms with Gasteiger partial charge in [0.05, 0.1) is 0 Å². The third-order valence-electron chi connectivity index (χ3n) is 7.50. The molecule has 1 aliphatic rings. The Labute approximate surface area is 229 Å². The first kappa shape index (κ1) is 30.0. The van der Waals surface area contributed by atoms with E-state index in [1.807, 2.05) is 12.1 Å². The molecule has 0 atom stereocenters. The molecule has 3 aromatic rings. The highest BCUT2D eigenvalue weighted by Gasteiger charge is 2.65. The molecule has 3 aromatic carbocycles. The van der Waals surface area contributed by atoms with Gasteiger partial charge in [-0.15, -0.1) is 0 Å². The number of esters is 1. The average molecular weight is 589 g/mol. The van der Waals surface area contributed by atoms with Crippen LogP contribution in [0.25, 0.3) is 11.1 Å². The number of unbranched alkanes of at least 4 members (excludes halogenated alkanes) is 2. The Hall–Kier alpha value is -3.01. The van der Waals surface area contributed by atoms with Gasteiger partial charge in [0.15, 0.2) is 0 Å². The Morgan fingerprint density at radius 3 is 1.90 bits per heavy atom. The second kappa shape index (κ2) is 10.8. The van der Waals surface area contributed by atoms with Gasteiger partial charge in [-0.1, -0.05) is 76.3 Å². The van der Waals surface area contributed by atoms with Gasteiger partial charge < -0.3 is 4.74 Å². The summed E-state index contributed by atoms with van der Waals surface area (Å²) in [5.41, 5.74) is 0.861. The van der Waals surface area contributed by atoms with Crippen LogP contribution in [-0.4, -0.2) is 5.97 Å². The highest BCUT2D eigenvalue weighted by atomic mass is 32.5. The number of hydrogen-bond acceptors (Lipinski definition) is 2. The number of halogens is 7. The number of hydrogen-bond donors (Lipinski definition) is 0. The Balaban J connectivity index is 1.42. The van der Waals surface area contributed by atoms with E-state index >= 15 is 0 Å². The van der Waals surface area contributed by atoms with Crippen LogP contribution in [0.3, 0.4) is 0 Å². The van der Waals surface area contributed by atoms with E-state index in [0.29, 0.717) is 23.6 Å². The highest BCUT2D eigenvalue weighted by molar-refractivity contribution is 8.45. The number of benzene rings is 3. The zero-order valence-corrected chi connectivity index (χ0v) is 22.8. The lowest BCUT2D eigenvalue weighted by molar-refractivity contribution is 0.0724. The van der Waals surface area contributed by atoms with Crippen LogP contribution in [0.1, 0.15) is 80.1 Å². The molecule has 0 amide bonds. The molecule has 0 bridgehead atoms. The van der Waals surface area contributed by atoms with Gasteiger partial charge in [-0.2, -0.15) is 0 Å². The summed E-state index contributed by atoms with van der Waals surface area (Å²) < 4.78 is 98.7. The number of ether oxygens (including phenoxy) is 1. The summed E-state index contributed by atoms with van der Waals surface area (Å²) in [6.45, 7) is 2.20. The molecule has 1 fully saturated rings. The first-order valence-electron chi connectivity index (χ1n) is 13.3. The van der Waals surface area contributed by atoms with Crippen molar-refractivity contribution < 1.29 is 37.7 Å². The molecule has 2 nitrogen and oxygen atoms in total. The monoisotopic (exact) mass is 588 g/mol. The zero-order valence-electron chi connectivity index (χ0n) is 22.0. The maximum atomic E-state index is 14.8. The maximum absolute atomic E-state index is 14.8. The first-order chi connectivity index (χ1) is 18.6. The SMILES string of the molecule is CCCCCC1CCC(c2ccc(-c3cc(F)c(C(=O)Oc4ccc(S(F)(F)(F)(F)F)cc4)c(F)c3)cc2)CC1. The molecule has 218 valence electrons. The number of carbonyl (C=O) groups excluding carboxylic acids is 1. The van der Waals surface area contributed by atoms with Crippen molar-refractivity contribution in [2.45, 2.75) is 69.1 Å². The van der Waals surface area contributed by atoms with Gasteiger partial charge in [-0.3, -0.25) is 0 Å². The quantitative estimate of drug-likeness (QED) is 0.108. The molecular formula is C30H31F7O2S. The molecule has 0 N–H and O–H groups in total. The minimum absolute atomic E-state index is 0.0445. The summed E-state index contributed by atoms with van der Waals surface area (Å²) in [4.78, 5) is 10.2. The normalized spacial score (nSPS) is 19.5. The van der Waals surface area contributed by atoms with E-state index in [0.717, 1.165) is 30.9 Å². The summed E-state index contributed by atoms with van der Waals surface area (Å²) in [6, 6.07) is 10.4. The van der Waals surface area contributed by atoms with Gasteiger partial charge >= 0.3 is 16.2 Å². The van der Waals surface area contributed by atoms with E-state index in [2.05, 4.69) is 6.92 Å². The van der Waals surface area contributed by atoms with Gasteiger partial charge in [0.2, 0.25) is 0 Å². The Morgan fingerprint density at radius 1 is 0.800 bits per heavy atom. The van der Waals surface area contributed by atoms with Crippen LogP contribution in [0.2, 0.25) is 0 Å². The van der Waals surface area contributed by atoms with E-state index in [-0.39, 0.29) is 17.7 Å². The molecule has 0 aliphatic heterocycles. The van der Waals surface area contributed by atoms with Crippen molar-refractivity contribution in [3.8, 4) is 16.9 Å². The average Bonchev–Trinajstić information content (AvgIpc) is 2.88. The molecule has 0 aromatic heterocycles. The van der Waals surface area contributed by atoms with Crippen molar-refractivity contribution in [1.29, 1.82) is 0 Å². The summed E-state index contributed by atoms with van der Waals surface area (Å²) in [5.74, 6) is -3.32. The Bertz CT molecular complexity index is 1320. The van der Waals surface area contributed by atoms with Gasteiger partial charge in [-0.25, -0.2) is 13.6 Å². The van der Waals surface area contributed by atoms with Gasteiger partial charge in [-0.05, 0) is 90.6 Å². The molecule has 1 saturated carbocycles. The van der Waals surface area contributed by atoms with Crippen LogP contribution in [0.4, 0.5) is 28.2 Å². The van der Waals surface area contributed by atoms with Crippen molar-refractivity contribution in [3.05, 3.63) is 83.4 Å². The molecule has 4 rings (SSSR count). The Kier molecular flexibility index (Phi) is 8.06. The topological polar surface area (TPSA) is 26.3 Å². The number of carbonyl (C=O) groups is 1. The lowest BCUT2D eigenvalue weighted by atomic mass is 9.77. The van der Waals surface area contributed by atoms with Crippen LogP contribution in [0.15, 0.2) is 65.6 Å². The van der Waals surface area contributed by atoms with Crippen LogP contribution < -0.4 is 4.74 Å². The van der Waals surface area contributed by atoms with Crippen molar-refractivity contribution in [1.82, 2.24) is 0 Å². The van der Waals surface area contributed by atoms with E-state index in [1.165, 1.54) is 44.1 Å². The standard InChI is InChI=1S/C30H31F7O2S/c1-2-3-4-5-20-6-8-21(9-7-20)22-10-12-23(13-11-22)24-18-27(31)29(28(32)19-24)30(38)39-25-14-16-26(17-15-25)40(33,34,35,36)37/h10-21H,2-9H2,1H3. The fourth-order valence-electron chi connectivity index (χ4n) is 5.27. The largest absolute Gasteiger partial charge is 0.423 e. The minimum atomic E-state index is -9.91. The molecule has 0 spiro atoms. The molecule has 0 unspecified atom stereocenters. The smallest absolute Gasteiger partial charge is 0.349 e. The fraction of sp³-hybridized carbons (Fsp3) is 0.367. The molecule has 0 saturated heterocycles. The predicted molar refractivity (Wildman–Crippen MR) is 143 cm³/mol. The van der Waals surface area contributed by atoms with E-state index in [9.17, 15) is 33.0 Å². The van der Waals surface area contributed by atoms with Gasteiger partial charge in [0.1, 0.15) is 27.8 Å². The van der Waals surface area contributed by atoms with Crippen molar-refractivity contribution in [3.63, 3.8) is 0 Å². The molecule has 0 radical (unpaired) electrons. The lowest BCUT2D eigenvalue weighted by Crippen LogP contribution is -2.14. The summed E-state index contributed by atoms with van der Waals surface area (Å²) in [5, 5.41) is 0. The second-order valence-corrected chi connectivity index (χ2v) is 12.9. The molecular weight excluding hydrogens is 557 g/mol. The van der Waals surface area contributed by atoms with E-state index < -0.39 is 44.0 Å². The third-order valence-corrected chi connectivity index (χ3v) is 8.67. The summed E-state index contributed by atoms with van der Waals surface area (Å²) in [6.07, 6.45) is 9.67. The van der Waals surface area contributed by atoms with Crippen molar-refractivity contribution in [2.75, 3.05) is 0 Å². The zero-order chi connectivity index (χ0) is 29.2.